The lowest BCUT2D eigenvalue weighted by Crippen LogP contribution is -2.40. The number of piperidine rings is 1. The van der Waals surface area contributed by atoms with Crippen LogP contribution in [0.25, 0.3) is 0 Å². The molecule has 108 valence electrons. The van der Waals surface area contributed by atoms with Gasteiger partial charge in [-0.3, -0.25) is 4.90 Å². The van der Waals surface area contributed by atoms with E-state index in [1.807, 2.05) is 6.07 Å². The maximum atomic E-state index is 5.25. The SMILES string of the molecule is COc1ccc(CN(C)C2CCNCC2)cc1Br.Cl. The van der Waals surface area contributed by atoms with Crippen LogP contribution in [-0.4, -0.2) is 38.2 Å². The lowest BCUT2D eigenvalue weighted by atomic mass is 10.0. The van der Waals surface area contributed by atoms with Crippen LogP contribution in [0.4, 0.5) is 0 Å². The fourth-order valence-corrected chi connectivity index (χ4v) is 3.06. The molecule has 0 atom stereocenters. The molecule has 1 aromatic rings. The Morgan fingerprint density at radius 1 is 1.37 bits per heavy atom. The second-order valence-corrected chi connectivity index (χ2v) is 5.72. The van der Waals surface area contributed by atoms with Crippen molar-refractivity contribution in [1.82, 2.24) is 10.2 Å². The first-order valence-electron chi connectivity index (χ1n) is 6.44. The third-order valence-electron chi connectivity index (χ3n) is 3.58. The third-order valence-corrected chi connectivity index (χ3v) is 4.20. The van der Waals surface area contributed by atoms with Gasteiger partial charge in [-0.2, -0.15) is 0 Å². The zero-order valence-corrected chi connectivity index (χ0v) is 13.9. The first kappa shape index (κ1) is 16.8. The van der Waals surface area contributed by atoms with Gasteiger partial charge in [0.1, 0.15) is 5.75 Å². The average Bonchev–Trinajstić information content (AvgIpc) is 2.40. The molecule has 0 aliphatic carbocycles. The highest BCUT2D eigenvalue weighted by Crippen LogP contribution is 2.26. The number of hydrogen-bond donors (Lipinski definition) is 1. The van der Waals surface area contributed by atoms with Crippen LogP contribution in [0, 0.1) is 0 Å². The van der Waals surface area contributed by atoms with Crippen LogP contribution >= 0.6 is 28.3 Å². The summed E-state index contributed by atoms with van der Waals surface area (Å²) in [5.74, 6) is 0.892. The predicted octanol–water partition coefficient (Wildman–Crippen LogP) is 3.06. The number of rotatable bonds is 4. The highest BCUT2D eigenvalue weighted by Gasteiger charge is 2.17. The van der Waals surface area contributed by atoms with Gasteiger partial charge in [-0.25, -0.2) is 0 Å². The molecule has 1 heterocycles. The van der Waals surface area contributed by atoms with Gasteiger partial charge < -0.3 is 10.1 Å². The van der Waals surface area contributed by atoms with Gasteiger partial charge in [-0.1, -0.05) is 6.07 Å². The molecule has 0 unspecified atom stereocenters. The zero-order valence-electron chi connectivity index (χ0n) is 11.5. The summed E-state index contributed by atoms with van der Waals surface area (Å²) >= 11 is 3.54. The maximum absolute atomic E-state index is 5.25. The Balaban J connectivity index is 0.00000180. The highest BCUT2D eigenvalue weighted by molar-refractivity contribution is 9.10. The van der Waals surface area contributed by atoms with E-state index in [9.17, 15) is 0 Å². The molecule has 0 radical (unpaired) electrons. The first-order chi connectivity index (χ1) is 8.70. The Morgan fingerprint density at radius 2 is 2.05 bits per heavy atom. The summed E-state index contributed by atoms with van der Waals surface area (Å²) in [4.78, 5) is 2.45. The molecule has 1 fully saturated rings. The van der Waals surface area contributed by atoms with Crippen molar-refractivity contribution in [2.75, 3.05) is 27.2 Å². The minimum atomic E-state index is 0. The minimum absolute atomic E-state index is 0. The van der Waals surface area contributed by atoms with Crippen LogP contribution < -0.4 is 10.1 Å². The highest BCUT2D eigenvalue weighted by atomic mass is 79.9. The molecule has 5 heteroatoms. The fraction of sp³-hybridized carbons (Fsp3) is 0.571. The topological polar surface area (TPSA) is 24.5 Å². The van der Waals surface area contributed by atoms with Crippen molar-refractivity contribution >= 4 is 28.3 Å². The number of methoxy groups -OCH3 is 1. The number of hydrogen-bond acceptors (Lipinski definition) is 3. The molecule has 0 aromatic heterocycles. The molecule has 0 amide bonds. The van der Waals surface area contributed by atoms with Gasteiger partial charge in [0.05, 0.1) is 11.6 Å². The van der Waals surface area contributed by atoms with Crippen LogP contribution in [0.2, 0.25) is 0 Å². The van der Waals surface area contributed by atoms with E-state index in [4.69, 9.17) is 4.74 Å². The number of nitrogens with one attached hydrogen (secondary N) is 1. The number of halogens is 2. The zero-order chi connectivity index (χ0) is 13.0. The summed E-state index contributed by atoms with van der Waals surface area (Å²) in [6.45, 7) is 3.27. The molecule has 1 aromatic carbocycles. The fourth-order valence-electron chi connectivity index (χ4n) is 2.47. The van der Waals surface area contributed by atoms with Crippen LogP contribution in [-0.2, 0) is 6.54 Å². The Kier molecular flexibility index (Phi) is 7.15. The van der Waals surface area contributed by atoms with Crippen molar-refractivity contribution < 1.29 is 4.74 Å². The molecule has 1 aliphatic heterocycles. The second kappa shape index (κ2) is 8.10. The first-order valence-corrected chi connectivity index (χ1v) is 7.23. The third kappa shape index (κ3) is 4.63. The second-order valence-electron chi connectivity index (χ2n) is 4.87. The quantitative estimate of drug-likeness (QED) is 0.904. The molecule has 1 saturated heterocycles. The van der Waals surface area contributed by atoms with Gasteiger partial charge in [0, 0.05) is 12.6 Å². The van der Waals surface area contributed by atoms with Gasteiger partial charge >= 0.3 is 0 Å². The summed E-state index contributed by atoms with van der Waals surface area (Å²) in [5, 5.41) is 3.41. The Hall–Kier alpha value is -0.290. The molecule has 19 heavy (non-hydrogen) atoms. The lowest BCUT2D eigenvalue weighted by molar-refractivity contribution is 0.191. The molecule has 1 N–H and O–H groups in total. The average molecular weight is 350 g/mol. The summed E-state index contributed by atoms with van der Waals surface area (Å²) in [6.07, 6.45) is 2.49. The van der Waals surface area contributed by atoms with Crippen LogP contribution in [0.1, 0.15) is 18.4 Å². The van der Waals surface area contributed by atoms with E-state index in [0.29, 0.717) is 6.04 Å². The van der Waals surface area contributed by atoms with Crippen molar-refractivity contribution in [2.45, 2.75) is 25.4 Å². The monoisotopic (exact) mass is 348 g/mol. The minimum Gasteiger partial charge on any atom is -0.496 e. The number of ether oxygens (including phenoxy) is 1. The van der Waals surface area contributed by atoms with E-state index in [1.165, 1.54) is 18.4 Å². The smallest absolute Gasteiger partial charge is 0.133 e. The van der Waals surface area contributed by atoms with E-state index in [1.54, 1.807) is 7.11 Å². The van der Waals surface area contributed by atoms with Gasteiger partial charge in [-0.05, 0) is 66.6 Å². The summed E-state index contributed by atoms with van der Waals surface area (Å²) in [6, 6.07) is 7.01. The van der Waals surface area contributed by atoms with E-state index in [2.05, 4.69) is 45.3 Å². The van der Waals surface area contributed by atoms with Crippen molar-refractivity contribution in [3.05, 3.63) is 28.2 Å². The van der Waals surface area contributed by atoms with Gasteiger partial charge in [0.15, 0.2) is 0 Å². The van der Waals surface area contributed by atoms with Gasteiger partial charge in [0.2, 0.25) is 0 Å². The molecule has 0 spiro atoms. The Bertz CT molecular complexity index is 397. The number of nitrogens with zero attached hydrogens (tertiary/aromatic N) is 1. The Labute approximate surface area is 130 Å². The van der Waals surface area contributed by atoms with E-state index >= 15 is 0 Å². The van der Waals surface area contributed by atoms with E-state index < -0.39 is 0 Å². The normalized spacial score (nSPS) is 16.2. The molecular weight excluding hydrogens is 328 g/mol. The van der Waals surface area contributed by atoms with Crippen molar-refractivity contribution in [2.24, 2.45) is 0 Å². The van der Waals surface area contributed by atoms with Crippen molar-refractivity contribution in [1.29, 1.82) is 0 Å². The van der Waals surface area contributed by atoms with Crippen LogP contribution in [0.5, 0.6) is 5.75 Å². The van der Waals surface area contributed by atoms with Gasteiger partial charge in [0.25, 0.3) is 0 Å². The molecular formula is C14H22BrClN2O. The van der Waals surface area contributed by atoms with Crippen LogP contribution in [0.15, 0.2) is 22.7 Å². The number of benzene rings is 1. The molecule has 0 bridgehead atoms. The van der Waals surface area contributed by atoms with E-state index in [-0.39, 0.29) is 12.4 Å². The standard InChI is InChI=1S/C14H21BrN2O.ClH/c1-17(12-5-7-16-8-6-12)10-11-3-4-14(18-2)13(15)9-11;/h3-4,9,12,16H,5-8,10H2,1-2H3;1H. The predicted molar refractivity (Wildman–Crippen MR) is 85.3 cm³/mol. The Morgan fingerprint density at radius 3 is 2.63 bits per heavy atom. The molecule has 2 rings (SSSR count). The van der Waals surface area contributed by atoms with Crippen molar-refractivity contribution in [3.8, 4) is 5.75 Å². The van der Waals surface area contributed by atoms with Crippen molar-refractivity contribution in [3.63, 3.8) is 0 Å². The summed E-state index contributed by atoms with van der Waals surface area (Å²) in [7, 11) is 3.91. The lowest BCUT2D eigenvalue weighted by Gasteiger charge is -2.31. The van der Waals surface area contributed by atoms with Gasteiger partial charge in [-0.15, -0.1) is 12.4 Å². The summed E-state index contributed by atoms with van der Waals surface area (Å²) < 4.78 is 6.28. The van der Waals surface area contributed by atoms with E-state index in [0.717, 1.165) is 29.9 Å². The largest absolute Gasteiger partial charge is 0.496 e. The molecule has 3 nitrogen and oxygen atoms in total. The maximum Gasteiger partial charge on any atom is 0.133 e. The molecule has 1 aliphatic rings. The van der Waals surface area contributed by atoms with Crippen LogP contribution in [0.3, 0.4) is 0 Å². The molecule has 0 saturated carbocycles. The summed E-state index contributed by atoms with van der Waals surface area (Å²) in [5.41, 5.74) is 1.32.